The van der Waals surface area contributed by atoms with E-state index in [1.165, 1.54) is 5.56 Å². The highest BCUT2D eigenvalue weighted by Crippen LogP contribution is 2.24. The molecule has 0 saturated heterocycles. The fourth-order valence-electron chi connectivity index (χ4n) is 1.20. The van der Waals surface area contributed by atoms with Gasteiger partial charge in [-0.3, -0.25) is 0 Å². The molecule has 0 fully saturated rings. The molecule has 0 N–H and O–H groups in total. The molecule has 0 radical (unpaired) electrons. The van der Waals surface area contributed by atoms with Crippen LogP contribution in [-0.2, 0) is 0 Å². The molecule has 1 heterocycles. The minimum Gasteiger partial charge on any atom is -0.142 e. The largest absolute Gasteiger partial charge is 0.159 e. The van der Waals surface area contributed by atoms with E-state index < -0.39 is 0 Å². The van der Waals surface area contributed by atoms with Crippen molar-refractivity contribution in [1.82, 2.24) is 10.2 Å². The molecule has 13 heavy (non-hydrogen) atoms. The quantitative estimate of drug-likeness (QED) is 0.699. The predicted molar refractivity (Wildman–Crippen MR) is 62.0 cm³/mol. The average Bonchev–Trinajstić information content (AvgIpc) is 2.12. The van der Waals surface area contributed by atoms with Gasteiger partial charge in [0.25, 0.3) is 0 Å². The topological polar surface area (TPSA) is 25.8 Å². The second-order valence-electron chi connectivity index (χ2n) is 2.83. The van der Waals surface area contributed by atoms with Crippen LogP contribution in [0.5, 0.6) is 0 Å². The van der Waals surface area contributed by atoms with E-state index in [0.29, 0.717) is 5.15 Å². The van der Waals surface area contributed by atoms with Crippen LogP contribution in [0, 0.1) is 10.6 Å². The zero-order valence-corrected chi connectivity index (χ0v) is 9.80. The van der Waals surface area contributed by atoms with Crippen molar-refractivity contribution >= 4 is 45.0 Å². The number of fused-ring (bicyclic) bond motifs is 1. The second kappa shape index (κ2) is 3.38. The van der Waals surface area contributed by atoms with E-state index in [-0.39, 0.29) is 0 Å². The molecule has 0 unspecified atom stereocenters. The van der Waals surface area contributed by atoms with Crippen LogP contribution in [0.1, 0.15) is 5.56 Å². The Kier molecular flexibility index (Phi) is 2.38. The lowest BCUT2D eigenvalue weighted by Crippen LogP contribution is -1.90. The Morgan fingerprint density at radius 3 is 2.77 bits per heavy atom. The summed E-state index contributed by atoms with van der Waals surface area (Å²) in [5.74, 6) is 0. The van der Waals surface area contributed by atoms with Gasteiger partial charge in [0, 0.05) is 10.8 Å². The number of hydrogen-bond acceptors (Lipinski definition) is 2. The fourth-order valence-corrected chi connectivity index (χ4v) is 1.96. The maximum Gasteiger partial charge on any atom is 0.159 e. The number of benzene rings is 1. The average molecular weight is 305 g/mol. The van der Waals surface area contributed by atoms with E-state index in [9.17, 15) is 0 Å². The van der Waals surface area contributed by atoms with Gasteiger partial charge in [0.2, 0.25) is 0 Å². The molecule has 0 aliphatic rings. The molecule has 0 saturated carbocycles. The van der Waals surface area contributed by atoms with Crippen LogP contribution in [-0.4, -0.2) is 10.2 Å². The third-order valence-electron chi connectivity index (χ3n) is 1.85. The summed E-state index contributed by atoms with van der Waals surface area (Å²) >= 11 is 8.06. The first kappa shape index (κ1) is 9.15. The van der Waals surface area contributed by atoms with Crippen LogP contribution < -0.4 is 0 Å². The Morgan fingerprint density at radius 2 is 2.00 bits per heavy atom. The highest BCUT2D eigenvalue weighted by Gasteiger charge is 2.04. The molecule has 2 nitrogen and oxygen atoms in total. The Balaban J connectivity index is 2.92. The molecule has 0 aliphatic heterocycles. The number of rotatable bonds is 0. The predicted octanol–water partition coefficient (Wildman–Crippen LogP) is 3.20. The molecule has 0 spiro atoms. The number of hydrogen-bond donors (Lipinski definition) is 0. The van der Waals surface area contributed by atoms with Crippen LogP contribution in [0.3, 0.4) is 0 Å². The third kappa shape index (κ3) is 1.62. The Morgan fingerprint density at radius 1 is 1.23 bits per heavy atom. The highest BCUT2D eigenvalue weighted by atomic mass is 127. The van der Waals surface area contributed by atoms with E-state index in [4.69, 9.17) is 11.6 Å². The molecule has 0 bridgehead atoms. The maximum atomic E-state index is 5.90. The van der Waals surface area contributed by atoms with Gasteiger partial charge in [0.15, 0.2) is 5.15 Å². The van der Waals surface area contributed by atoms with Gasteiger partial charge in [0.05, 0.1) is 0 Å². The van der Waals surface area contributed by atoms with Gasteiger partial charge in [-0.25, -0.2) is 0 Å². The van der Waals surface area contributed by atoms with E-state index in [0.717, 1.165) is 14.5 Å². The molecule has 2 rings (SSSR count). The van der Waals surface area contributed by atoms with Crippen molar-refractivity contribution in [2.45, 2.75) is 6.92 Å². The van der Waals surface area contributed by atoms with Gasteiger partial charge in [0.1, 0.15) is 3.70 Å². The Bertz CT molecular complexity index is 470. The molecular formula is C9H6ClIN2. The van der Waals surface area contributed by atoms with Crippen molar-refractivity contribution in [3.8, 4) is 0 Å². The molecular weight excluding hydrogens is 298 g/mol. The van der Waals surface area contributed by atoms with Crippen molar-refractivity contribution in [3.63, 3.8) is 0 Å². The first-order valence-corrected chi connectivity index (χ1v) is 5.22. The zero-order chi connectivity index (χ0) is 9.42. The summed E-state index contributed by atoms with van der Waals surface area (Å²) in [6, 6.07) is 6.06. The lowest BCUT2D eigenvalue weighted by atomic mass is 10.1. The highest BCUT2D eigenvalue weighted by molar-refractivity contribution is 14.1. The first-order chi connectivity index (χ1) is 6.18. The number of aryl methyl sites for hydroxylation is 1. The SMILES string of the molecule is Cc1ccc2c(Cl)nnc(I)c2c1. The number of aromatic nitrogens is 2. The standard InChI is InChI=1S/C9H6ClIN2/c1-5-2-3-6-7(4-5)9(11)13-12-8(6)10/h2-4H,1H3. The van der Waals surface area contributed by atoms with Crippen molar-refractivity contribution in [2.75, 3.05) is 0 Å². The van der Waals surface area contributed by atoms with E-state index in [1.54, 1.807) is 0 Å². The molecule has 66 valence electrons. The number of nitrogens with zero attached hydrogens (tertiary/aromatic N) is 2. The van der Waals surface area contributed by atoms with Crippen molar-refractivity contribution < 1.29 is 0 Å². The molecule has 0 amide bonds. The maximum absolute atomic E-state index is 5.90. The van der Waals surface area contributed by atoms with E-state index in [2.05, 4.69) is 38.9 Å². The van der Waals surface area contributed by atoms with Crippen LogP contribution in [0.4, 0.5) is 0 Å². The summed E-state index contributed by atoms with van der Waals surface area (Å²) in [6.07, 6.45) is 0. The summed E-state index contributed by atoms with van der Waals surface area (Å²) in [4.78, 5) is 0. The van der Waals surface area contributed by atoms with Gasteiger partial charge in [-0.15, -0.1) is 10.2 Å². The second-order valence-corrected chi connectivity index (χ2v) is 4.21. The van der Waals surface area contributed by atoms with Crippen molar-refractivity contribution in [1.29, 1.82) is 0 Å². The molecule has 1 aromatic heterocycles. The smallest absolute Gasteiger partial charge is 0.142 e. The Labute approximate surface area is 94.5 Å². The van der Waals surface area contributed by atoms with Gasteiger partial charge in [-0.2, -0.15) is 0 Å². The molecule has 4 heteroatoms. The minimum atomic E-state index is 0.468. The van der Waals surface area contributed by atoms with Crippen LogP contribution in [0.15, 0.2) is 18.2 Å². The minimum absolute atomic E-state index is 0.468. The summed E-state index contributed by atoms with van der Waals surface area (Å²) in [7, 11) is 0. The van der Waals surface area contributed by atoms with Crippen LogP contribution >= 0.6 is 34.2 Å². The van der Waals surface area contributed by atoms with Gasteiger partial charge in [-0.1, -0.05) is 29.3 Å². The van der Waals surface area contributed by atoms with Crippen LogP contribution in [0.2, 0.25) is 5.15 Å². The Hall–Kier alpha value is -0.420. The van der Waals surface area contributed by atoms with Gasteiger partial charge in [-0.05, 0) is 35.6 Å². The normalized spacial score (nSPS) is 10.7. The number of halogens is 2. The molecule has 0 aliphatic carbocycles. The van der Waals surface area contributed by atoms with Crippen molar-refractivity contribution in [2.24, 2.45) is 0 Å². The first-order valence-electron chi connectivity index (χ1n) is 3.76. The lowest BCUT2D eigenvalue weighted by molar-refractivity contribution is 1.02. The lowest BCUT2D eigenvalue weighted by Gasteiger charge is -2.01. The van der Waals surface area contributed by atoms with E-state index >= 15 is 0 Å². The van der Waals surface area contributed by atoms with Crippen molar-refractivity contribution in [3.05, 3.63) is 32.6 Å². The van der Waals surface area contributed by atoms with Gasteiger partial charge < -0.3 is 0 Å². The fraction of sp³-hybridized carbons (Fsp3) is 0.111. The zero-order valence-electron chi connectivity index (χ0n) is 6.88. The molecule has 1 aromatic carbocycles. The summed E-state index contributed by atoms with van der Waals surface area (Å²) in [5, 5.41) is 10.3. The molecule has 0 atom stereocenters. The van der Waals surface area contributed by atoms with Gasteiger partial charge >= 0.3 is 0 Å². The summed E-state index contributed by atoms with van der Waals surface area (Å²) in [5.41, 5.74) is 1.20. The van der Waals surface area contributed by atoms with Crippen LogP contribution in [0.25, 0.3) is 10.8 Å². The van der Waals surface area contributed by atoms with E-state index in [1.807, 2.05) is 19.1 Å². The molecule has 2 aromatic rings. The third-order valence-corrected chi connectivity index (χ3v) is 2.92. The monoisotopic (exact) mass is 304 g/mol. The summed E-state index contributed by atoms with van der Waals surface area (Å²) < 4.78 is 0.890. The summed E-state index contributed by atoms with van der Waals surface area (Å²) in [6.45, 7) is 2.05.